The number of fused-ring (bicyclic) bond motifs is 1. The number of hydrogen-bond donors (Lipinski definition) is 0. The van der Waals surface area contributed by atoms with E-state index in [2.05, 4.69) is 9.97 Å². The molecule has 0 aliphatic carbocycles. The lowest BCUT2D eigenvalue weighted by Gasteiger charge is -2.20. The fourth-order valence-electron chi connectivity index (χ4n) is 4.83. The number of ether oxygens (including phenoxy) is 3. The van der Waals surface area contributed by atoms with Crippen LogP contribution in [0.1, 0.15) is 16.7 Å². The van der Waals surface area contributed by atoms with Crippen LogP contribution < -0.4 is 4.74 Å². The van der Waals surface area contributed by atoms with Gasteiger partial charge in [-0.15, -0.1) is 11.3 Å². The maximum absolute atomic E-state index is 15.2. The van der Waals surface area contributed by atoms with Crippen molar-refractivity contribution >= 4 is 43.3 Å². The van der Waals surface area contributed by atoms with Crippen molar-refractivity contribution in [2.75, 3.05) is 33.6 Å². The summed E-state index contributed by atoms with van der Waals surface area (Å²) in [6.45, 7) is 1.06. The van der Waals surface area contributed by atoms with Gasteiger partial charge in [0.15, 0.2) is 21.4 Å². The fraction of sp³-hybridized carbons (Fsp3) is 0.235. The summed E-state index contributed by atoms with van der Waals surface area (Å²) in [6, 6.07) is 17.9. The molecule has 1 amide bonds. The number of rotatable bonds is 13. The molecule has 0 N–H and O–H groups in total. The Kier molecular flexibility index (Phi) is 10.6. The van der Waals surface area contributed by atoms with Gasteiger partial charge in [-0.1, -0.05) is 24.3 Å². The van der Waals surface area contributed by atoms with E-state index in [-0.39, 0.29) is 29.3 Å². The number of thiophene rings is 1. The van der Waals surface area contributed by atoms with Crippen LogP contribution in [0.25, 0.3) is 20.8 Å². The van der Waals surface area contributed by atoms with E-state index in [9.17, 15) is 18.0 Å². The predicted octanol–water partition coefficient (Wildman–Crippen LogP) is 6.26. The van der Waals surface area contributed by atoms with Gasteiger partial charge in [-0.25, -0.2) is 17.6 Å². The molecule has 0 unspecified atom stereocenters. The molecule has 47 heavy (non-hydrogen) atoms. The third kappa shape index (κ3) is 8.56. The molecule has 5 aromatic rings. The second-order valence-corrected chi connectivity index (χ2v) is 13.8. The number of hydrogen-bond acceptors (Lipinski definition) is 10. The molecule has 13 heteroatoms. The van der Waals surface area contributed by atoms with Gasteiger partial charge >= 0.3 is 6.09 Å². The number of sulfone groups is 1. The molecule has 0 radical (unpaired) electrons. The Morgan fingerprint density at radius 1 is 0.915 bits per heavy atom. The molecule has 244 valence electrons. The lowest BCUT2D eigenvalue weighted by atomic mass is 10.0. The minimum atomic E-state index is -3.39. The Labute approximate surface area is 275 Å². The molecule has 0 bridgehead atoms. The zero-order valence-corrected chi connectivity index (χ0v) is 27.6. The van der Waals surface area contributed by atoms with Crippen molar-refractivity contribution in [3.05, 3.63) is 102 Å². The number of methoxy groups -OCH3 is 2. The van der Waals surface area contributed by atoms with Gasteiger partial charge in [0.05, 0.1) is 45.9 Å². The fourth-order valence-corrected chi connectivity index (χ4v) is 6.56. The monoisotopic (exact) mass is 677 g/mol. The van der Waals surface area contributed by atoms with Gasteiger partial charge in [0, 0.05) is 51.2 Å². The molecule has 0 saturated heterocycles. The summed E-state index contributed by atoms with van der Waals surface area (Å²) in [5.74, 6) is -0.391. The minimum absolute atomic E-state index is 0.00406. The van der Waals surface area contributed by atoms with E-state index in [1.54, 1.807) is 43.8 Å². The summed E-state index contributed by atoms with van der Waals surface area (Å²) >= 11 is 1.40. The molecule has 0 spiro atoms. The van der Waals surface area contributed by atoms with E-state index < -0.39 is 21.7 Å². The van der Waals surface area contributed by atoms with Gasteiger partial charge in [0.2, 0.25) is 0 Å². The van der Waals surface area contributed by atoms with Gasteiger partial charge in [-0.2, -0.15) is 0 Å². The molecule has 3 aromatic heterocycles. The predicted molar refractivity (Wildman–Crippen MR) is 176 cm³/mol. The summed E-state index contributed by atoms with van der Waals surface area (Å²) in [5.41, 5.74) is 3.23. The highest BCUT2D eigenvalue weighted by Crippen LogP contribution is 2.39. The molecule has 2 aromatic carbocycles. The quantitative estimate of drug-likeness (QED) is 0.142. The van der Waals surface area contributed by atoms with Crippen LogP contribution in [0.4, 0.5) is 9.18 Å². The first-order valence-corrected chi connectivity index (χ1v) is 17.2. The largest absolute Gasteiger partial charge is 0.453 e. The molecule has 0 aliphatic heterocycles. The van der Waals surface area contributed by atoms with Crippen molar-refractivity contribution < 1.29 is 36.6 Å². The van der Waals surface area contributed by atoms with E-state index in [1.807, 2.05) is 18.2 Å². The van der Waals surface area contributed by atoms with E-state index >= 15 is 4.39 Å². The molecule has 0 atom stereocenters. The number of amides is 1. The number of nitrogens with zero attached hydrogens (tertiary/aromatic N) is 3. The second-order valence-electron chi connectivity index (χ2n) is 10.7. The van der Waals surface area contributed by atoms with Crippen LogP contribution in [0, 0.1) is 5.82 Å². The molecule has 10 nitrogen and oxygen atoms in total. The second kappa shape index (κ2) is 14.8. The minimum Gasteiger partial charge on any atom is -0.453 e. The van der Waals surface area contributed by atoms with Crippen molar-refractivity contribution in [3.63, 3.8) is 0 Å². The summed E-state index contributed by atoms with van der Waals surface area (Å²) in [6.07, 6.45) is 3.94. The molecule has 0 aliphatic rings. The molecule has 0 fully saturated rings. The maximum atomic E-state index is 15.2. The van der Waals surface area contributed by atoms with Crippen LogP contribution in [0.2, 0.25) is 0 Å². The summed E-state index contributed by atoms with van der Waals surface area (Å²) in [5, 5.41) is 0. The topological polar surface area (TPSA) is 125 Å². The Hall–Kier alpha value is -4.72. The first-order valence-electron chi connectivity index (χ1n) is 14.5. The lowest BCUT2D eigenvalue weighted by Crippen LogP contribution is -2.33. The van der Waals surface area contributed by atoms with E-state index in [1.165, 1.54) is 47.6 Å². The summed E-state index contributed by atoms with van der Waals surface area (Å²) in [7, 11) is -0.497. The van der Waals surface area contributed by atoms with Crippen LogP contribution in [-0.4, -0.2) is 68.8 Å². The summed E-state index contributed by atoms with van der Waals surface area (Å²) in [4.78, 5) is 36.3. The van der Waals surface area contributed by atoms with Gasteiger partial charge in [-0.05, 0) is 53.1 Å². The first kappa shape index (κ1) is 33.6. The molecular formula is C34H32FN3O7S2. The smallest absolute Gasteiger partial charge is 0.409 e. The number of ketones is 1. The molecule has 3 heterocycles. The third-order valence-electron chi connectivity index (χ3n) is 7.17. The number of aromatic nitrogens is 2. The Bertz CT molecular complexity index is 2010. The SMILES string of the molecule is COCCN(Cc1ccc(-c2cc3nccc(Oc4ccc(CC(=O)Cc5cccc(S(C)(=O)=O)c5)cc4F)c3s2)nc1)C(=O)OC. The Balaban J connectivity index is 1.27. The number of halogens is 1. The van der Waals surface area contributed by atoms with E-state index in [4.69, 9.17) is 14.2 Å². The van der Waals surface area contributed by atoms with Crippen molar-refractivity contribution in [3.8, 4) is 22.1 Å². The van der Waals surface area contributed by atoms with Crippen LogP contribution in [0.3, 0.4) is 0 Å². The Morgan fingerprint density at radius 2 is 1.68 bits per heavy atom. The standard InChI is InChI=1S/C34H32FN3O7S2/c1-43-14-13-38(34(40)44-2)21-24-7-9-28(37-20-24)32-19-29-33(46-32)31(11-12-36-29)45-30-10-8-23(18-27(30)35)16-25(39)15-22-5-4-6-26(17-22)47(3,41)42/h4-12,17-20H,13-16,21H2,1-3H3. The molecule has 5 rings (SSSR count). The third-order valence-corrected chi connectivity index (χ3v) is 9.44. The summed E-state index contributed by atoms with van der Waals surface area (Å²) < 4.78 is 55.5. The normalized spacial score (nSPS) is 11.4. The lowest BCUT2D eigenvalue weighted by molar-refractivity contribution is -0.117. The van der Waals surface area contributed by atoms with E-state index in [0.29, 0.717) is 52.5 Å². The van der Waals surface area contributed by atoms with E-state index in [0.717, 1.165) is 16.7 Å². The van der Waals surface area contributed by atoms with Crippen molar-refractivity contribution in [1.82, 2.24) is 14.9 Å². The molecule has 0 saturated carbocycles. The average Bonchev–Trinajstić information content (AvgIpc) is 3.49. The number of pyridine rings is 2. The number of benzene rings is 2. The van der Waals surface area contributed by atoms with Crippen LogP contribution >= 0.6 is 11.3 Å². The van der Waals surface area contributed by atoms with Crippen molar-refractivity contribution in [1.29, 1.82) is 0 Å². The highest BCUT2D eigenvalue weighted by atomic mass is 32.2. The first-order chi connectivity index (χ1) is 22.5. The van der Waals surface area contributed by atoms with Crippen molar-refractivity contribution in [2.24, 2.45) is 0 Å². The number of carbonyl (C=O) groups excluding carboxylic acids is 2. The van der Waals surface area contributed by atoms with Gasteiger partial charge < -0.3 is 19.1 Å². The number of carbonyl (C=O) groups is 2. The van der Waals surface area contributed by atoms with Crippen molar-refractivity contribution in [2.45, 2.75) is 24.3 Å². The number of Topliss-reactive ketones (excluding diaryl/α,β-unsaturated/α-hetero) is 1. The zero-order chi connectivity index (χ0) is 33.6. The average molecular weight is 678 g/mol. The highest BCUT2D eigenvalue weighted by Gasteiger charge is 2.17. The van der Waals surface area contributed by atoms with Crippen LogP contribution in [0.5, 0.6) is 11.5 Å². The Morgan fingerprint density at radius 3 is 2.36 bits per heavy atom. The highest BCUT2D eigenvalue weighted by molar-refractivity contribution is 7.90. The van der Waals surface area contributed by atoms with Gasteiger partial charge in [0.1, 0.15) is 11.5 Å². The molecular weight excluding hydrogens is 646 g/mol. The zero-order valence-electron chi connectivity index (χ0n) is 25.9. The van der Waals surface area contributed by atoms with Gasteiger partial charge in [0.25, 0.3) is 0 Å². The van der Waals surface area contributed by atoms with Gasteiger partial charge in [-0.3, -0.25) is 14.8 Å². The maximum Gasteiger partial charge on any atom is 0.409 e. The van der Waals surface area contributed by atoms with Crippen LogP contribution in [-0.2, 0) is 43.5 Å². The van der Waals surface area contributed by atoms with Crippen LogP contribution in [0.15, 0.2) is 84.0 Å².